The van der Waals surface area contributed by atoms with Gasteiger partial charge in [0, 0.05) is 24.7 Å². The molecule has 0 saturated heterocycles. The topological polar surface area (TPSA) is 82.8 Å². The van der Waals surface area contributed by atoms with Crippen molar-refractivity contribution in [2.45, 2.75) is 44.9 Å². The number of rotatable bonds is 12. The Labute approximate surface area is 225 Å². The number of imidazole rings is 1. The van der Waals surface area contributed by atoms with Crippen LogP contribution in [0.1, 0.15) is 31.9 Å². The van der Waals surface area contributed by atoms with E-state index in [1.54, 1.807) is 30.9 Å². The number of alkyl halides is 1. The lowest BCUT2D eigenvalue weighted by Gasteiger charge is -2.27. The first kappa shape index (κ1) is 28.1. The van der Waals surface area contributed by atoms with Crippen LogP contribution in [0.2, 0.25) is 10.0 Å². The number of aromatic nitrogens is 2. The van der Waals surface area contributed by atoms with Crippen molar-refractivity contribution in [3.05, 3.63) is 76.3 Å². The first-order chi connectivity index (χ1) is 17.1. The monoisotopic (exact) mass is 554 g/mol. The second-order valence-corrected chi connectivity index (χ2v) is 9.96. The summed E-state index contributed by atoms with van der Waals surface area (Å²) < 4.78 is 18.7. The third kappa shape index (κ3) is 7.53. The van der Waals surface area contributed by atoms with Gasteiger partial charge in [-0.15, -0.1) is 11.6 Å². The molecule has 0 fully saturated rings. The Morgan fingerprint density at radius 1 is 1.08 bits per heavy atom. The smallest absolute Gasteiger partial charge is 0.303 e. The average Bonchev–Trinajstić information content (AvgIpc) is 3.34. The van der Waals surface area contributed by atoms with E-state index in [1.165, 1.54) is 6.92 Å². The van der Waals surface area contributed by atoms with E-state index < -0.39 is 17.6 Å². The molecule has 0 bridgehead atoms. The van der Waals surface area contributed by atoms with Crippen molar-refractivity contribution in [1.82, 2.24) is 9.55 Å². The second kappa shape index (κ2) is 12.7. The minimum Gasteiger partial charge on any atom is -0.490 e. The fourth-order valence-corrected chi connectivity index (χ4v) is 4.28. The molecule has 36 heavy (non-hydrogen) atoms. The van der Waals surface area contributed by atoms with Crippen molar-refractivity contribution in [2.75, 3.05) is 19.1 Å². The van der Waals surface area contributed by atoms with Gasteiger partial charge in [0.1, 0.15) is 25.1 Å². The molecular formula is C26H29Cl3N2O5. The fraction of sp³-hybridized carbons (Fsp3) is 0.385. The number of hydrogen-bond acceptors (Lipinski definition) is 6. The summed E-state index contributed by atoms with van der Waals surface area (Å²) in [5, 5.41) is 10.3. The van der Waals surface area contributed by atoms with E-state index in [2.05, 4.69) is 18.8 Å². The van der Waals surface area contributed by atoms with Gasteiger partial charge >= 0.3 is 5.97 Å². The summed E-state index contributed by atoms with van der Waals surface area (Å²) in [7, 11) is 0. The lowest BCUT2D eigenvalue weighted by molar-refractivity contribution is -0.148. The van der Waals surface area contributed by atoms with Crippen LogP contribution in [0.3, 0.4) is 0 Å². The Bertz CT molecular complexity index is 1110. The Morgan fingerprint density at radius 3 is 2.31 bits per heavy atom. The van der Waals surface area contributed by atoms with Gasteiger partial charge in [-0.25, -0.2) is 4.98 Å². The number of benzene rings is 2. The maximum absolute atomic E-state index is 11.5. The van der Waals surface area contributed by atoms with Gasteiger partial charge in [-0.2, -0.15) is 0 Å². The molecule has 2 atom stereocenters. The number of halogens is 3. The van der Waals surface area contributed by atoms with E-state index in [0.717, 1.165) is 11.1 Å². The number of aliphatic hydroxyl groups excluding tert-OH is 1. The molecule has 10 heteroatoms. The highest BCUT2D eigenvalue weighted by Crippen LogP contribution is 2.40. The summed E-state index contributed by atoms with van der Waals surface area (Å²) in [5.41, 5.74) is 1.48. The molecule has 1 heterocycles. The molecule has 1 N–H and O–H groups in total. The number of carbonyl (C=O) groups is 1. The summed E-state index contributed by atoms with van der Waals surface area (Å²) in [4.78, 5) is 15.5. The van der Waals surface area contributed by atoms with Gasteiger partial charge in [0.25, 0.3) is 0 Å². The minimum atomic E-state index is -0.814. The van der Waals surface area contributed by atoms with Crippen molar-refractivity contribution in [3.8, 4) is 11.5 Å². The number of ether oxygens (including phenoxy) is 3. The highest BCUT2D eigenvalue weighted by atomic mass is 35.5. The molecule has 3 rings (SSSR count). The molecule has 194 valence electrons. The maximum Gasteiger partial charge on any atom is 0.303 e. The van der Waals surface area contributed by atoms with Crippen LogP contribution >= 0.6 is 34.8 Å². The molecule has 3 aromatic rings. The van der Waals surface area contributed by atoms with Crippen molar-refractivity contribution < 1.29 is 24.1 Å². The van der Waals surface area contributed by atoms with E-state index >= 15 is 0 Å². The number of nitrogens with zero attached hydrogens (tertiary/aromatic N) is 2. The van der Waals surface area contributed by atoms with Gasteiger partial charge in [-0.05, 0) is 35.4 Å². The SMILES string of the molecule is CC(=O)O[C@H](COc1ccc(C(C)(C)c2cc(Cl)c(OC[C@@H](O)CCl)c(Cl)c2)cc1)Cn1ccnc1. The van der Waals surface area contributed by atoms with Crippen molar-refractivity contribution in [1.29, 1.82) is 0 Å². The van der Waals surface area contributed by atoms with Crippen LogP contribution in [-0.4, -0.2) is 51.9 Å². The van der Waals surface area contributed by atoms with Gasteiger partial charge in [-0.3, -0.25) is 4.79 Å². The molecule has 0 unspecified atom stereocenters. The van der Waals surface area contributed by atoms with Crippen LogP contribution in [0.15, 0.2) is 55.1 Å². The van der Waals surface area contributed by atoms with Gasteiger partial charge in [-0.1, -0.05) is 49.2 Å². The molecule has 0 aliphatic carbocycles. The zero-order chi connectivity index (χ0) is 26.3. The highest BCUT2D eigenvalue weighted by molar-refractivity contribution is 6.37. The normalized spacial score (nSPS) is 13.2. The molecule has 0 saturated carbocycles. The third-order valence-corrected chi connectivity index (χ3v) is 6.55. The van der Waals surface area contributed by atoms with Crippen LogP contribution < -0.4 is 9.47 Å². The summed E-state index contributed by atoms with van der Waals surface area (Å²) in [6.45, 7) is 6.13. The summed E-state index contributed by atoms with van der Waals surface area (Å²) in [6, 6.07) is 11.3. The lowest BCUT2D eigenvalue weighted by atomic mass is 9.78. The van der Waals surface area contributed by atoms with E-state index in [0.29, 0.717) is 28.1 Å². The standard InChI is InChI=1S/C26H29Cl3N2O5/c1-17(32)36-22(13-31-9-8-30-16-31)15-34-21-6-4-18(5-7-21)26(2,3)19-10-23(28)25(24(29)11-19)35-14-20(33)12-27/h4-11,16,20,22,33H,12-15H2,1-3H3/t20-,22-/m0/s1. The average molecular weight is 556 g/mol. The molecule has 0 spiro atoms. The van der Waals surface area contributed by atoms with Gasteiger partial charge in [0.2, 0.25) is 0 Å². The van der Waals surface area contributed by atoms with Crippen LogP contribution in [0, 0.1) is 0 Å². The van der Waals surface area contributed by atoms with E-state index in [-0.39, 0.29) is 25.1 Å². The quantitative estimate of drug-likeness (QED) is 0.235. The molecular weight excluding hydrogens is 527 g/mol. The molecule has 0 amide bonds. The molecule has 0 aliphatic heterocycles. The number of aliphatic hydroxyl groups is 1. The van der Waals surface area contributed by atoms with Crippen LogP contribution in [0.25, 0.3) is 0 Å². The molecule has 7 nitrogen and oxygen atoms in total. The largest absolute Gasteiger partial charge is 0.490 e. The van der Waals surface area contributed by atoms with Gasteiger partial charge < -0.3 is 23.9 Å². The maximum atomic E-state index is 11.5. The van der Waals surface area contributed by atoms with E-state index in [9.17, 15) is 9.90 Å². The Hall–Kier alpha value is -2.45. The van der Waals surface area contributed by atoms with Crippen molar-refractivity contribution in [2.24, 2.45) is 0 Å². The zero-order valence-corrected chi connectivity index (χ0v) is 22.6. The Morgan fingerprint density at radius 2 is 1.75 bits per heavy atom. The Kier molecular flexibility index (Phi) is 9.91. The minimum absolute atomic E-state index is 0.00617. The van der Waals surface area contributed by atoms with E-state index in [4.69, 9.17) is 49.0 Å². The molecule has 1 aromatic heterocycles. The predicted molar refractivity (Wildman–Crippen MR) is 141 cm³/mol. The Balaban J connectivity index is 1.69. The van der Waals surface area contributed by atoms with Gasteiger partial charge in [0.15, 0.2) is 11.9 Å². The van der Waals surface area contributed by atoms with Gasteiger partial charge in [0.05, 0.1) is 28.8 Å². The van der Waals surface area contributed by atoms with Crippen LogP contribution in [0.5, 0.6) is 11.5 Å². The van der Waals surface area contributed by atoms with Crippen LogP contribution in [0.4, 0.5) is 0 Å². The summed E-state index contributed by atoms with van der Waals surface area (Å²) in [5.74, 6) is 0.637. The lowest BCUT2D eigenvalue weighted by Crippen LogP contribution is -2.28. The number of esters is 1. The number of hydrogen-bond donors (Lipinski definition) is 1. The molecule has 2 aromatic carbocycles. The zero-order valence-electron chi connectivity index (χ0n) is 20.3. The third-order valence-electron chi connectivity index (χ3n) is 5.64. The number of carbonyl (C=O) groups excluding carboxylic acids is 1. The van der Waals surface area contributed by atoms with Crippen molar-refractivity contribution in [3.63, 3.8) is 0 Å². The predicted octanol–water partition coefficient (Wildman–Crippen LogP) is 5.51. The first-order valence-electron chi connectivity index (χ1n) is 11.3. The van der Waals surface area contributed by atoms with E-state index in [1.807, 2.05) is 28.8 Å². The van der Waals surface area contributed by atoms with Crippen LogP contribution in [-0.2, 0) is 21.5 Å². The summed E-state index contributed by atoms with van der Waals surface area (Å²) >= 11 is 18.5. The first-order valence-corrected chi connectivity index (χ1v) is 12.6. The fourth-order valence-electron chi connectivity index (χ4n) is 3.59. The second-order valence-electron chi connectivity index (χ2n) is 8.84. The summed E-state index contributed by atoms with van der Waals surface area (Å²) in [6.07, 6.45) is 3.86. The molecule has 0 radical (unpaired) electrons. The van der Waals surface area contributed by atoms with Crippen molar-refractivity contribution >= 4 is 40.8 Å². The molecule has 0 aliphatic rings. The highest BCUT2D eigenvalue weighted by Gasteiger charge is 2.26.